The lowest BCUT2D eigenvalue weighted by Crippen LogP contribution is -2.45. The van der Waals surface area contributed by atoms with Crippen molar-refractivity contribution in [2.45, 2.75) is 38.3 Å². The van der Waals surface area contributed by atoms with Crippen molar-refractivity contribution >= 4 is 27.2 Å². The van der Waals surface area contributed by atoms with Gasteiger partial charge in [-0.15, -0.1) is 0 Å². The Morgan fingerprint density at radius 1 is 1.22 bits per heavy atom. The highest BCUT2D eigenvalue weighted by Gasteiger charge is 2.34. The number of carbonyl (C=O) groups excluding carboxylic acids is 2. The molecule has 8 heteroatoms. The van der Waals surface area contributed by atoms with Gasteiger partial charge in [0.05, 0.1) is 24.2 Å². The first-order chi connectivity index (χ1) is 12.8. The van der Waals surface area contributed by atoms with Crippen LogP contribution >= 0.6 is 0 Å². The Bertz CT molecular complexity index is 785. The minimum atomic E-state index is -3.03. The van der Waals surface area contributed by atoms with Gasteiger partial charge in [0.1, 0.15) is 0 Å². The van der Waals surface area contributed by atoms with Crippen LogP contribution in [0, 0.1) is 0 Å². The number of anilines is 1. The van der Waals surface area contributed by atoms with E-state index in [1.807, 2.05) is 4.90 Å². The topological polar surface area (TPSA) is 92.8 Å². The monoisotopic (exact) mass is 394 g/mol. The van der Waals surface area contributed by atoms with E-state index in [-0.39, 0.29) is 41.9 Å². The molecule has 148 valence electrons. The summed E-state index contributed by atoms with van der Waals surface area (Å²) in [6.45, 7) is 2.90. The van der Waals surface area contributed by atoms with Crippen LogP contribution in [0.25, 0.3) is 0 Å². The maximum Gasteiger partial charge on any atom is 0.238 e. The standard InChI is InChI=1S/C19H26N2O5S/c1-14(22)15-4-6-16(7-5-15)20-19(23)12-21(11-18-3-2-9-26-18)17-8-10-27(24,25)13-17/h4-7,17-18H,2-3,8-13H2,1H3,(H,20,23). The predicted molar refractivity (Wildman–Crippen MR) is 103 cm³/mol. The molecule has 0 radical (unpaired) electrons. The van der Waals surface area contributed by atoms with Crippen molar-refractivity contribution < 1.29 is 22.7 Å². The van der Waals surface area contributed by atoms with E-state index in [1.165, 1.54) is 6.92 Å². The molecule has 2 unspecified atom stereocenters. The molecule has 0 saturated carbocycles. The Balaban J connectivity index is 1.63. The zero-order chi connectivity index (χ0) is 19.4. The third kappa shape index (κ3) is 5.60. The maximum atomic E-state index is 12.5. The van der Waals surface area contributed by atoms with Gasteiger partial charge in [-0.3, -0.25) is 14.5 Å². The summed E-state index contributed by atoms with van der Waals surface area (Å²) in [6.07, 6.45) is 2.53. The van der Waals surface area contributed by atoms with Crippen molar-refractivity contribution in [1.29, 1.82) is 0 Å². The maximum absolute atomic E-state index is 12.5. The van der Waals surface area contributed by atoms with Crippen LogP contribution in [-0.2, 0) is 19.4 Å². The molecule has 0 aromatic heterocycles. The number of nitrogens with one attached hydrogen (secondary N) is 1. The zero-order valence-electron chi connectivity index (χ0n) is 15.5. The van der Waals surface area contributed by atoms with Gasteiger partial charge in [-0.1, -0.05) is 0 Å². The molecule has 0 spiro atoms. The van der Waals surface area contributed by atoms with Gasteiger partial charge >= 0.3 is 0 Å². The van der Waals surface area contributed by atoms with Crippen LogP contribution in [0.4, 0.5) is 5.69 Å². The van der Waals surface area contributed by atoms with E-state index in [1.54, 1.807) is 24.3 Å². The van der Waals surface area contributed by atoms with Gasteiger partial charge in [-0.25, -0.2) is 8.42 Å². The second-order valence-corrected chi connectivity index (χ2v) is 9.53. The van der Waals surface area contributed by atoms with E-state index >= 15 is 0 Å². The third-order valence-corrected chi connectivity index (χ3v) is 6.86. The lowest BCUT2D eigenvalue weighted by molar-refractivity contribution is -0.118. The fraction of sp³-hybridized carbons (Fsp3) is 0.579. The molecule has 0 bridgehead atoms. The van der Waals surface area contributed by atoms with Gasteiger partial charge in [0, 0.05) is 30.4 Å². The first-order valence-electron chi connectivity index (χ1n) is 9.29. The summed E-state index contributed by atoms with van der Waals surface area (Å²) in [6, 6.07) is 6.58. The second kappa shape index (κ2) is 8.50. The van der Waals surface area contributed by atoms with Gasteiger partial charge < -0.3 is 10.1 Å². The van der Waals surface area contributed by atoms with Crippen molar-refractivity contribution in [3.05, 3.63) is 29.8 Å². The van der Waals surface area contributed by atoms with Crippen LogP contribution in [-0.4, -0.2) is 68.4 Å². The van der Waals surface area contributed by atoms with Crippen molar-refractivity contribution in [2.75, 3.05) is 36.5 Å². The van der Waals surface area contributed by atoms with Crippen LogP contribution in [0.3, 0.4) is 0 Å². The number of carbonyl (C=O) groups is 2. The molecule has 3 rings (SSSR count). The highest BCUT2D eigenvalue weighted by atomic mass is 32.2. The summed E-state index contributed by atoms with van der Waals surface area (Å²) < 4.78 is 29.4. The van der Waals surface area contributed by atoms with E-state index in [2.05, 4.69) is 5.32 Å². The lowest BCUT2D eigenvalue weighted by atomic mass is 10.1. The van der Waals surface area contributed by atoms with Crippen molar-refractivity contribution in [1.82, 2.24) is 4.90 Å². The van der Waals surface area contributed by atoms with Gasteiger partial charge in [-0.05, 0) is 50.5 Å². The van der Waals surface area contributed by atoms with Gasteiger partial charge in [0.2, 0.25) is 5.91 Å². The number of hydrogen-bond donors (Lipinski definition) is 1. The third-order valence-electron chi connectivity index (χ3n) is 5.11. The molecule has 2 atom stereocenters. The van der Waals surface area contributed by atoms with Crippen LogP contribution < -0.4 is 5.32 Å². The number of ketones is 1. The molecular formula is C19H26N2O5S. The number of benzene rings is 1. The van der Waals surface area contributed by atoms with E-state index in [9.17, 15) is 18.0 Å². The molecule has 1 N–H and O–H groups in total. The molecule has 0 aliphatic carbocycles. The average Bonchev–Trinajstić information content (AvgIpc) is 3.24. The van der Waals surface area contributed by atoms with Crippen LogP contribution in [0.15, 0.2) is 24.3 Å². The average molecular weight is 394 g/mol. The van der Waals surface area contributed by atoms with Gasteiger partial charge in [0.15, 0.2) is 15.6 Å². The fourth-order valence-corrected chi connectivity index (χ4v) is 5.39. The summed E-state index contributed by atoms with van der Waals surface area (Å²) in [5.41, 5.74) is 1.20. The Kier molecular flexibility index (Phi) is 6.29. The number of sulfone groups is 1. The Labute approximate surface area is 160 Å². The fourth-order valence-electron chi connectivity index (χ4n) is 3.63. The molecule has 7 nitrogen and oxygen atoms in total. The minimum absolute atomic E-state index is 0.0296. The smallest absolute Gasteiger partial charge is 0.238 e. The largest absolute Gasteiger partial charge is 0.377 e. The van der Waals surface area contributed by atoms with Gasteiger partial charge in [0.25, 0.3) is 0 Å². The molecule has 2 fully saturated rings. The molecule has 2 heterocycles. The van der Waals surface area contributed by atoms with E-state index < -0.39 is 9.84 Å². The van der Waals surface area contributed by atoms with E-state index in [0.717, 1.165) is 19.4 Å². The highest BCUT2D eigenvalue weighted by molar-refractivity contribution is 7.91. The molecular weight excluding hydrogens is 368 g/mol. The Morgan fingerprint density at radius 3 is 2.52 bits per heavy atom. The Hall–Kier alpha value is -1.77. The zero-order valence-corrected chi connectivity index (χ0v) is 16.3. The van der Waals surface area contributed by atoms with E-state index in [0.29, 0.717) is 24.2 Å². The van der Waals surface area contributed by atoms with Crippen molar-refractivity contribution in [3.63, 3.8) is 0 Å². The lowest BCUT2D eigenvalue weighted by Gasteiger charge is -2.29. The van der Waals surface area contributed by atoms with Crippen molar-refractivity contribution in [3.8, 4) is 0 Å². The SMILES string of the molecule is CC(=O)c1ccc(NC(=O)CN(CC2CCCO2)C2CCS(=O)(=O)C2)cc1. The summed E-state index contributed by atoms with van der Waals surface area (Å²) in [5.74, 6) is 0.0413. The number of Topliss-reactive ketones (excluding diaryl/α,β-unsaturated/α-hetero) is 1. The normalized spacial score (nSPS) is 24.2. The molecule has 27 heavy (non-hydrogen) atoms. The second-order valence-electron chi connectivity index (χ2n) is 7.30. The first-order valence-corrected chi connectivity index (χ1v) is 11.1. The molecule has 2 saturated heterocycles. The molecule has 1 amide bonds. The quantitative estimate of drug-likeness (QED) is 0.705. The summed E-state index contributed by atoms with van der Waals surface area (Å²) in [7, 11) is -3.03. The predicted octanol–water partition coefficient (Wildman–Crippen LogP) is 1.50. The number of nitrogens with zero attached hydrogens (tertiary/aromatic N) is 1. The number of amides is 1. The van der Waals surface area contributed by atoms with E-state index in [4.69, 9.17) is 4.74 Å². The summed E-state index contributed by atoms with van der Waals surface area (Å²) in [5, 5.41) is 2.83. The molecule has 2 aliphatic rings. The molecule has 1 aromatic rings. The van der Waals surface area contributed by atoms with Crippen LogP contribution in [0.2, 0.25) is 0 Å². The van der Waals surface area contributed by atoms with Crippen molar-refractivity contribution in [2.24, 2.45) is 0 Å². The molecule has 1 aromatic carbocycles. The number of hydrogen-bond acceptors (Lipinski definition) is 6. The van der Waals surface area contributed by atoms with Gasteiger partial charge in [-0.2, -0.15) is 0 Å². The summed E-state index contributed by atoms with van der Waals surface area (Å²) >= 11 is 0. The number of ether oxygens (including phenoxy) is 1. The highest BCUT2D eigenvalue weighted by Crippen LogP contribution is 2.21. The first kappa shape index (κ1) is 20.0. The Morgan fingerprint density at radius 2 is 1.96 bits per heavy atom. The minimum Gasteiger partial charge on any atom is -0.377 e. The number of rotatable bonds is 7. The van der Waals surface area contributed by atoms with Crippen LogP contribution in [0.5, 0.6) is 0 Å². The summed E-state index contributed by atoms with van der Waals surface area (Å²) in [4.78, 5) is 25.8. The van der Waals surface area contributed by atoms with Crippen LogP contribution in [0.1, 0.15) is 36.5 Å². The molecule has 2 aliphatic heterocycles.